The van der Waals surface area contributed by atoms with Gasteiger partial charge in [0.15, 0.2) is 0 Å². The van der Waals surface area contributed by atoms with Crippen LogP contribution in [0.3, 0.4) is 0 Å². The Morgan fingerprint density at radius 3 is 2.38 bits per heavy atom. The van der Waals surface area contributed by atoms with Gasteiger partial charge in [0.25, 0.3) is 5.91 Å². The first-order valence-electron chi connectivity index (χ1n) is 12.0. The molecule has 180 valence electrons. The Hall–Kier alpha value is -2.49. The van der Waals surface area contributed by atoms with Crippen LogP contribution in [0, 0.1) is 0 Å². The van der Waals surface area contributed by atoms with Crippen molar-refractivity contribution in [1.29, 1.82) is 0 Å². The third-order valence-electron chi connectivity index (χ3n) is 6.59. The van der Waals surface area contributed by atoms with Gasteiger partial charge in [0.1, 0.15) is 9.90 Å². The summed E-state index contributed by atoms with van der Waals surface area (Å²) in [5.41, 5.74) is 1.99. The molecule has 34 heavy (non-hydrogen) atoms. The van der Waals surface area contributed by atoms with Crippen molar-refractivity contribution in [3.05, 3.63) is 53.0 Å². The summed E-state index contributed by atoms with van der Waals surface area (Å²) in [5.74, 6) is -0.292. The summed E-state index contributed by atoms with van der Waals surface area (Å²) in [6, 6.07) is 13.0. The number of sulfonamides is 1. The van der Waals surface area contributed by atoms with Gasteiger partial charge in [-0.15, -0.1) is 11.3 Å². The summed E-state index contributed by atoms with van der Waals surface area (Å²) >= 11 is 1.55. The molecule has 5 rings (SSSR count). The monoisotopic (exact) mass is 498 g/mol. The first-order valence-corrected chi connectivity index (χ1v) is 14.3. The third-order valence-corrected chi connectivity index (χ3v) is 9.55. The van der Waals surface area contributed by atoms with E-state index in [-0.39, 0.29) is 10.8 Å². The molecule has 2 saturated heterocycles. The standard InChI is InChI=1S/C25H30N4O3S2/c30-25(26-18-24-27-20-9-3-4-10-22(20)33-24)19-11-12-21(28-13-5-1-6-14-28)23(17-19)34(31,32)29-15-7-2-8-16-29/h3-4,9-12,17H,1-2,5-8,13-16,18H2,(H,26,30). The first-order chi connectivity index (χ1) is 16.5. The second kappa shape index (κ2) is 10.0. The largest absolute Gasteiger partial charge is 0.370 e. The number of para-hydroxylation sites is 1. The Balaban J connectivity index is 1.41. The van der Waals surface area contributed by atoms with Crippen molar-refractivity contribution in [3.8, 4) is 0 Å². The molecule has 2 fully saturated rings. The van der Waals surface area contributed by atoms with Crippen molar-refractivity contribution in [1.82, 2.24) is 14.6 Å². The molecule has 1 aromatic heterocycles. The predicted molar refractivity (Wildman–Crippen MR) is 136 cm³/mol. The van der Waals surface area contributed by atoms with E-state index in [1.54, 1.807) is 27.8 Å². The molecule has 9 heteroatoms. The summed E-state index contributed by atoms with van der Waals surface area (Å²) in [5, 5.41) is 3.74. The van der Waals surface area contributed by atoms with E-state index in [1.165, 1.54) is 0 Å². The number of hydrogen-bond donors (Lipinski definition) is 1. The number of anilines is 1. The van der Waals surface area contributed by atoms with E-state index in [2.05, 4.69) is 15.2 Å². The predicted octanol–water partition coefficient (Wildman–Crippen LogP) is 4.39. The highest BCUT2D eigenvalue weighted by Gasteiger charge is 2.31. The summed E-state index contributed by atoms with van der Waals surface area (Å²) in [6.45, 7) is 3.06. The van der Waals surface area contributed by atoms with Gasteiger partial charge in [-0.05, 0) is 62.4 Å². The van der Waals surface area contributed by atoms with Crippen LogP contribution in [0.4, 0.5) is 5.69 Å². The molecule has 0 spiro atoms. The zero-order valence-corrected chi connectivity index (χ0v) is 20.8. The number of thiazole rings is 1. The number of aromatic nitrogens is 1. The summed E-state index contributed by atoms with van der Waals surface area (Å²) in [7, 11) is -3.68. The van der Waals surface area contributed by atoms with Gasteiger partial charge in [-0.25, -0.2) is 13.4 Å². The molecule has 0 aliphatic carbocycles. The van der Waals surface area contributed by atoms with Gasteiger partial charge in [-0.1, -0.05) is 18.6 Å². The quantitative estimate of drug-likeness (QED) is 0.545. The van der Waals surface area contributed by atoms with Gasteiger partial charge in [0.2, 0.25) is 10.0 Å². The highest BCUT2D eigenvalue weighted by molar-refractivity contribution is 7.89. The number of carbonyl (C=O) groups is 1. The van der Waals surface area contributed by atoms with Crippen LogP contribution in [0.1, 0.15) is 53.9 Å². The number of nitrogens with one attached hydrogen (secondary N) is 1. The van der Waals surface area contributed by atoms with Gasteiger partial charge in [-0.2, -0.15) is 4.31 Å². The van der Waals surface area contributed by atoms with Crippen LogP contribution >= 0.6 is 11.3 Å². The topological polar surface area (TPSA) is 82.6 Å². The summed E-state index contributed by atoms with van der Waals surface area (Å²) in [6.07, 6.45) is 6.07. The maximum atomic E-state index is 13.7. The Kier molecular flexibility index (Phi) is 6.85. The van der Waals surface area contributed by atoms with Crippen LogP contribution in [0.5, 0.6) is 0 Å². The van der Waals surface area contributed by atoms with E-state index in [9.17, 15) is 13.2 Å². The fourth-order valence-corrected chi connectivity index (χ4v) is 7.42. The molecule has 3 aromatic rings. The summed E-state index contributed by atoms with van der Waals surface area (Å²) in [4.78, 5) is 20.0. The smallest absolute Gasteiger partial charge is 0.251 e. The van der Waals surface area contributed by atoms with Crippen molar-refractivity contribution >= 4 is 43.2 Å². The van der Waals surface area contributed by atoms with E-state index >= 15 is 0 Å². The second-order valence-corrected chi connectivity index (χ2v) is 12.0. The van der Waals surface area contributed by atoms with Gasteiger partial charge in [0, 0.05) is 31.7 Å². The average molecular weight is 499 g/mol. The SMILES string of the molecule is O=C(NCc1nc2ccccc2s1)c1ccc(N2CCCCC2)c(S(=O)(=O)N2CCCCC2)c1. The van der Waals surface area contributed by atoms with Crippen LogP contribution in [0.15, 0.2) is 47.4 Å². The number of rotatable bonds is 6. The maximum absolute atomic E-state index is 13.7. The molecule has 7 nitrogen and oxygen atoms in total. The second-order valence-electron chi connectivity index (χ2n) is 8.95. The Labute approximate surface area is 204 Å². The number of hydrogen-bond acceptors (Lipinski definition) is 6. The number of fused-ring (bicyclic) bond motifs is 1. The normalized spacial score (nSPS) is 17.7. The minimum Gasteiger partial charge on any atom is -0.370 e. The van der Waals surface area contributed by atoms with Crippen LogP contribution in [0.25, 0.3) is 10.2 Å². The van der Waals surface area contributed by atoms with Gasteiger partial charge >= 0.3 is 0 Å². The number of benzene rings is 2. The highest BCUT2D eigenvalue weighted by Crippen LogP contribution is 2.32. The van der Waals surface area contributed by atoms with Crippen molar-refractivity contribution in [2.24, 2.45) is 0 Å². The van der Waals surface area contributed by atoms with E-state index in [0.29, 0.717) is 30.9 Å². The number of amides is 1. The lowest BCUT2D eigenvalue weighted by Gasteiger charge is -2.33. The molecule has 2 aliphatic heterocycles. The van der Waals surface area contributed by atoms with E-state index in [4.69, 9.17) is 0 Å². The van der Waals surface area contributed by atoms with Crippen LogP contribution in [-0.2, 0) is 16.6 Å². The third kappa shape index (κ3) is 4.82. The van der Waals surface area contributed by atoms with Gasteiger partial charge in [-0.3, -0.25) is 4.79 Å². The number of carbonyl (C=O) groups excluding carboxylic acids is 1. The molecule has 0 bridgehead atoms. The van der Waals surface area contributed by atoms with Crippen LogP contribution in [0.2, 0.25) is 0 Å². The first kappa shape index (κ1) is 23.3. The van der Waals surface area contributed by atoms with Gasteiger partial charge in [0.05, 0.1) is 22.4 Å². The molecule has 3 heterocycles. The molecule has 0 radical (unpaired) electrons. The maximum Gasteiger partial charge on any atom is 0.251 e. The zero-order valence-electron chi connectivity index (χ0n) is 19.2. The lowest BCUT2D eigenvalue weighted by molar-refractivity contribution is 0.0950. The average Bonchev–Trinajstić information content (AvgIpc) is 3.31. The zero-order chi connectivity index (χ0) is 23.5. The minimum atomic E-state index is -3.68. The number of nitrogens with zero attached hydrogens (tertiary/aromatic N) is 3. The highest BCUT2D eigenvalue weighted by atomic mass is 32.2. The molecule has 1 amide bonds. The molecule has 0 atom stereocenters. The molecular formula is C25H30N4O3S2. The minimum absolute atomic E-state index is 0.254. The van der Waals surface area contributed by atoms with E-state index < -0.39 is 10.0 Å². The fraction of sp³-hybridized carbons (Fsp3) is 0.440. The lowest BCUT2D eigenvalue weighted by Crippen LogP contribution is -2.38. The van der Waals surface area contributed by atoms with Crippen molar-refractivity contribution in [2.45, 2.75) is 50.0 Å². The molecule has 2 aromatic carbocycles. The Bertz CT molecular complexity index is 1240. The van der Waals surface area contributed by atoms with Crippen molar-refractivity contribution in [3.63, 3.8) is 0 Å². The van der Waals surface area contributed by atoms with Crippen molar-refractivity contribution < 1.29 is 13.2 Å². The molecule has 2 aliphatic rings. The van der Waals surface area contributed by atoms with Crippen LogP contribution in [-0.4, -0.2) is 49.8 Å². The lowest BCUT2D eigenvalue weighted by atomic mass is 10.1. The Morgan fingerprint density at radius 2 is 1.65 bits per heavy atom. The summed E-state index contributed by atoms with van der Waals surface area (Å²) < 4.78 is 30.0. The molecule has 0 unspecified atom stereocenters. The molecule has 1 N–H and O–H groups in total. The fourth-order valence-electron chi connectivity index (χ4n) is 4.76. The van der Waals surface area contributed by atoms with E-state index in [1.807, 2.05) is 30.3 Å². The van der Waals surface area contributed by atoms with E-state index in [0.717, 1.165) is 66.8 Å². The number of piperidine rings is 2. The van der Waals surface area contributed by atoms with Gasteiger partial charge < -0.3 is 10.2 Å². The van der Waals surface area contributed by atoms with Crippen molar-refractivity contribution in [2.75, 3.05) is 31.1 Å². The Morgan fingerprint density at radius 1 is 0.941 bits per heavy atom. The van der Waals surface area contributed by atoms with Crippen LogP contribution < -0.4 is 10.2 Å². The molecule has 0 saturated carbocycles. The molecular weight excluding hydrogens is 468 g/mol.